The molecule has 0 radical (unpaired) electrons. The van der Waals surface area contributed by atoms with Crippen molar-refractivity contribution in [2.45, 2.75) is 18.9 Å². The molecule has 31 heavy (non-hydrogen) atoms. The number of piperidine rings is 1. The fourth-order valence-corrected chi connectivity index (χ4v) is 3.78. The maximum atomic E-state index is 12.8. The lowest BCUT2D eigenvalue weighted by Crippen LogP contribution is -2.44. The number of hydrogen-bond donors (Lipinski definition) is 3. The summed E-state index contributed by atoms with van der Waals surface area (Å²) in [6.07, 6.45) is 3.16. The molecule has 4 rings (SSSR count). The summed E-state index contributed by atoms with van der Waals surface area (Å²) in [4.78, 5) is 37.7. The summed E-state index contributed by atoms with van der Waals surface area (Å²) in [5, 5.41) is 3.81. The van der Waals surface area contributed by atoms with E-state index in [2.05, 4.69) is 20.3 Å². The Kier molecular flexibility index (Phi) is 5.61. The fraction of sp³-hybridized carbons (Fsp3) is 0.333. The number of rotatable bonds is 5. The minimum atomic E-state index is -0.399. The van der Waals surface area contributed by atoms with Crippen LogP contribution in [0.1, 0.15) is 12.8 Å². The molecule has 2 amide bonds. The highest BCUT2D eigenvalue weighted by molar-refractivity contribution is 5.87. The van der Waals surface area contributed by atoms with Crippen LogP contribution in [0.25, 0.3) is 22.4 Å². The molecular weight excluding hydrogens is 400 g/mol. The zero-order chi connectivity index (χ0) is 22.0. The van der Waals surface area contributed by atoms with Crippen molar-refractivity contribution in [1.82, 2.24) is 19.9 Å². The van der Waals surface area contributed by atoms with Gasteiger partial charge in [0.05, 0.1) is 25.4 Å². The zero-order valence-corrected chi connectivity index (χ0v) is 17.3. The van der Waals surface area contributed by atoms with Gasteiger partial charge < -0.3 is 30.4 Å². The molecule has 162 valence electrons. The smallest absolute Gasteiger partial charge is 0.314 e. The van der Waals surface area contributed by atoms with E-state index in [4.69, 9.17) is 15.2 Å². The number of methoxy groups -OCH3 is 2. The number of amides is 2. The van der Waals surface area contributed by atoms with Crippen LogP contribution in [0.4, 0.5) is 10.5 Å². The van der Waals surface area contributed by atoms with Crippen LogP contribution >= 0.6 is 0 Å². The second-order valence-corrected chi connectivity index (χ2v) is 7.28. The Morgan fingerprint density at radius 1 is 1.26 bits per heavy atom. The van der Waals surface area contributed by atoms with Gasteiger partial charge >= 0.3 is 6.03 Å². The van der Waals surface area contributed by atoms with Crippen LogP contribution in [0, 0.1) is 0 Å². The Morgan fingerprint density at radius 3 is 2.71 bits per heavy atom. The highest BCUT2D eigenvalue weighted by Crippen LogP contribution is 2.30. The van der Waals surface area contributed by atoms with Crippen molar-refractivity contribution in [3.8, 4) is 23.0 Å². The predicted octanol–water partition coefficient (Wildman–Crippen LogP) is 1.96. The molecular formula is C21H24N6O4. The minimum Gasteiger partial charge on any atom is -0.497 e. The maximum absolute atomic E-state index is 12.8. The summed E-state index contributed by atoms with van der Waals surface area (Å²) >= 11 is 0. The second kappa shape index (κ2) is 8.50. The van der Waals surface area contributed by atoms with E-state index in [1.54, 1.807) is 30.3 Å². The monoisotopic (exact) mass is 424 g/mol. The van der Waals surface area contributed by atoms with Crippen molar-refractivity contribution in [3.05, 3.63) is 40.8 Å². The van der Waals surface area contributed by atoms with E-state index in [0.29, 0.717) is 47.0 Å². The Hall–Kier alpha value is -3.82. The first-order chi connectivity index (χ1) is 15.0. The molecule has 0 atom stereocenters. The normalized spacial score (nSPS) is 14.5. The van der Waals surface area contributed by atoms with Gasteiger partial charge in [-0.05, 0) is 25.0 Å². The Balaban J connectivity index is 1.69. The van der Waals surface area contributed by atoms with Gasteiger partial charge in [0, 0.05) is 37.5 Å². The molecule has 0 saturated carbocycles. The number of ether oxygens (including phenoxy) is 2. The predicted molar refractivity (Wildman–Crippen MR) is 116 cm³/mol. The lowest BCUT2D eigenvalue weighted by atomic mass is 10.0. The summed E-state index contributed by atoms with van der Waals surface area (Å²) in [5.41, 5.74) is 6.76. The number of aromatic nitrogens is 3. The van der Waals surface area contributed by atoms with Crippen molar-refractivity contribution < 1.29 is 14.3 Å². The van der Waals surface area contributed by atoms with Crippen LogP contribution in [0.15, 0.2) is 35.3 Å². The summed E-state index contributed by atoms with van der Waals surface area (Å²) in [5.74, 6) is 1.26. The quantitative estimate of drug-likeness (QED) is 0.570. The number of urea groups is 1. The molecule has 4 N–H and O–H groups in total. The van der Waals surface area contributed by atoms with Gasteiger partial charge in [-0.3, -0.25) is 9.78 Å². The molecule has 1 aromatic carbocycles. The molecule has 10 nitrogen and oxygen atoms in total. The molecule has 3 aromatic rings. The fourth-order valence-electron chi connectivity index (χ4n) is 3.78. The first-order valence-electron chi connectivity index (χ1n) is 9.92. The largest absolute Gasteiger partial charge is 0.497 e. The van der Waals surface area contributed by atoms with Gasteiger partial charge in [0.25, 0.3) is 5.56 Å². The number of carbonyl (C=O) groups is 1. The van der Waals surface area contributed by atoms with Crippen LogP contribution in [-0.2, 0) is 0 Å². The number of nitrogens with one attached hydrogen (secondary N) is 2. The van der Waals surface area contributed by atoms with E-state index < -0.39 is 6.03 Å². The maximum Gasteiger partial charge on any atom is 0.314 e. The lowest BCUT2D eigenvalue weighted by molar-refractivity contribution is 0.193. The molecule has 0 unspecified atom stereocenters. The number of nitrogens with two attached hydrogens (primary N) is 1. The van der Waals surface area contributed by atoms with Crippen LogP contribution in [0.3, 0.4) is 0 Å². The minimum absolute atomic E-state index is 0.144. The number of likely N-dealkylation sites (tertiary alicyclic amines) is 1. The third-order valence-electron chi connectivity index (χ3n) is 5.40. The number of anilines is 1. The number of benzene rings is 1. The van der Waals surface area contributed by atoms with Gasteiger partial charge in [-0.2, -0.15) is 0 Å². The van der Waals surface area contributed by atoms with Crippen LogP contribution in [0.2, 0.25) is 0 Å². The zero-order valence-electron chi connectivity index (χ0n) is 17.3. The van der Waals surface area contributed by atoms with E-state index in [1.165, 1.54) is 7.11 Å². The van der Waals surface area contributed by atoms with Gasteiger partial charge in [-0.1, -0.05) is 0 Å². The molecule has 1 aliphatic heterocycles. The number of hydrogen-bond acceptors (Lipinski definition) is 7. The third-order valence-corrected chi connectivity index (χ3v) is 5.40. The van der Waals surface area contributed by atoms with E-state index in [0.717, 1.165) is 18.5 Å². The summed E-state index contributed by atoms with van der Waals surface area (Å²) in [7, 11) is 3.03. The van der Waals surface area contributed by atoms with Gasteiger partial charge in [0.2, 0.25) is 0 Å². The van der Waals surface area contributed by atoms with E-state index >= 15 is 0 Å². The summed E-state index contributed by atoms with van der Waals surface area (Å²) < 4.78 is 10.6. The van der Waals surface area contributed by atoms with E-state index in [1.807, 2.05) is 12.1 Å². The molecule has 2 aromatic heterocycles. The Morgan fingerprint density at radius 2 is 2.03 bits per heavy atom. The van der Waals surface area contributed by atoms with Crippen molar-refractivity contribution in [2.24, 2.45) is 5.73 Å². The highest BCUT2D eigenvalue weighted by atomic mass is 16.5. The summed E-state index contributed by atoms with van der Waals surface area (Å²) in [6, 6.07) is 6.78. The standard InChI is InChI=1S/C21H24N6O4/c1-30-13-10-15-17(16(11-13)31-2)20(28)26-19(25-15)18-14(4-3-7-23-18)24-12-5-8-27(9-6-12)21(22)29/h3-4,7,10-12,24H,5-6,8-9H2,1-2H3,(H2,22,29)(H,25,26,28). The van der Waals surface area contributed by atoms with Gasteiger partial charge in [0.1, 0.15) is 22.6 Å². The van der Waals surface area contributed by atoms with Crippen molar-refractivity contribution in [1.29, 1.82) is 0 Å². The molecule has 1 aliphatic rings. The number of carbonyl (C=O) groups excluding carboxylic acids is 1. The van der Waals surface area contributed by atoms with Crippen molar-refractivity contribution >= 4 is 22.6 Å². The van der Waals surface area contributed by atoms with Gasteiger partial charge in [-0.25, -0.2) is 9.78 Å². The lowest BCUT2D eigenvalue weighted by Gasteiger charge is -2.32. The molecule has 0 aliphatic carbocycles. The highest BCUT2D eigenvalue weighted by Gasteiger charge is 2.23. The molecule has 10 heteroatoms. The number of fused-ring (bicyclic) bond motifs is 1. The van der Waals surface area contributed by atoms with Crippen LogP contribution in [0.5, 0.6) is 11.5 Å². The average molecular weight is 424 g/mol. The molecule has 1 fully saturated rings. The van der Waals surface area contributed by atoms with Crippen molar-refractivity contribution in [2.75, 3.05) is 32.6 Å². The SMILES string of the molecule is COc1cc(OC)c2c(=O)[nH]c(-c3ncccc3NC3CCN(C(N)=O)CC3)nc2c1. The average Bonchev–Trinajstić information content (AvgIpc) is 2.78. The van der Waals surface area contributed by atoms with Gasteiger partial charge in [-0.15, -0.1) is 0 Å². The Bertz CT molecular complexity index is 1170. The molecule has 3 heterocycles. The summed E-state index contributed by atoms with van der Waals surface area (Å²) in [6.45, 7) is 1.18. The first kappa shape index (κ1) is 20.5. The number of pyridine rings is 1. The number of aromatic amines is 1. The number of nitrogens with zero attached hydrogens (tertiary/aromatic N) is 3. The van der Waals surface area contributed by atoms with Crippen molar-refractivity contribution in [3.63, 3.8) is 0 Å². The molecule has 1 saturated heterocycles. The topological polar surface area (TPSA) is 135 Å². The second-order valence-electron chi connectivity index (χ2n) is 7.28. The van der Waals surface area contributed by atoms with E-state index in [-0.39, 0.29) is 11.6 Å². The van der Waals surface area contributed by atoms with Gasteiger partial charge in [0.15, 0.2) is 5.82 Å². The number of primary amides is 1. The van der Waals surface area contributed by atoms with Crippen LogP contribution in [-0.4, -0.2) is 59.2 Å². The Labute approximate surface area is 178 Å². The molecule has 0 bridgehead atoms. The van der Waals surface area contributed by atoms with E-state index in [9.17, 15) is 9.59 Å². The first-order valence-corrected chi connectivity index (χ1v) is 9.92. The third kappa shape index (κ3) is 4.09. The number of H-pyrrole nitrogens is 1. The molecule has 0 spiro atoms. The van der Waals surface area contributed by atoms with Crippen LogP contribution < -0.4 is 26.1 Å².